The average molecular weight is 409 g/mol. The van der Waals surface area contributed by atoms with Crippen LogP contribution >= 0.6 is 11.8 Å². The molecule has 0 unspecified atom stereocenters. The Bertz CT molecular complexity index is 1130. The van der Waals surface area contributed by atoms with E-state index in [1.165, 1.54) is 35.0 Å². The molecule has 0 aliphatic carbocycles. The highest BCUT2D eigenvalue weighted by Crippen LogP contribution is 2.31. The molecular weight excluding hydrogens is 394 g/mol. The number of nitro benzene ring substituents is 1. The summed E-state index contributed by atoms with van der Waals surface area (Å²) in [5, 5.41) is 26.2. The van der Waals surface area contributed by atoms with E-state index in [9.17, 15) is 14.9 Å². The first kappa shape index (κ1) is 18.8. The van der Waals surface area contributed by atoms with Crippen LogP contribution in [0.2, 0.25) is 0 Å². The number of nitrogens with zero attached hydrogens (tertiary/aromatic N) is 4. The van der Waals surface area contributed by atoms with Gasteiger partial charge in [-0.25, -0.2) is 0 Å². The number of amidine groups is 2. The van der Waals surface area contributed by atoms with Crippen molar-refractivity contribution in [1.82, 2.24) is 5.01 Å². The van der Waals surface area contributed by atoms with Crippen molar-refractivity contribution in [1.29, 1.82) is 5.41 Å². The summed E-state index contributed by atoms with van der Waals surface area (Å²) in [5.74, 6) is 0.157. The lowest BCUT2D eigenvalue weighted by molar-refractivity contribution is -0.384. The van der Waals surface area contributed by atoms with Gasteiger partial charge in [0.2, 0.25) is 5.17 Å². The number of carbonyl (C=O) groups is 1. The molecule has 146 valence electrons. The van der Waals surface area contributed by atoms with E-state index >= 15 is 0 Å². The Labute approximate surface area is 169 Å². The fourth-order valence-electron chi connectivity index (χ4n) is 2.85. The molecule has 0 atom stereocenters. The number of thioether (sulfide) groups is 1. The van der Waals surface area contributed by atoms with Crippen molar-refractivity contribution in [2.45, 2.75) is 19.8 Å². The lowest BCUT2D eigenvalue weighted by Gasteiger charge is -2.19. The van der Waals surface area contributed by atoms with Crippen LogP contribution in [0.5, 0.6) is 0 Å². The second-order valence-corrected chi connectivity index (χ2v) is 7.31. The minimum atomic E-state index is -0.532. The number of nitrogens with one attached hydrogen (secondary N) is 1. The third-order valence-corrected chi connectivity index (χ3v) is 5.18. The van der Waals surface area contributed by atoms with E-state index in [2.05, 4.69) is 10.1 Å². The largest absolute Gasteiger partial charge is 0.457 e. The first-order chi connectivity index (χ1) is 14.0. The quantitative estimate of drug-likeness (QED) is 0.446. The van der Waals surface area contributed by atoms with E-state index in [4.69, 9.17) is 9.83 Å². The van der Waals surface area contributed by atoms with Gasteiger partial charge in [-0.15, -0.1) is 0 Å². The Kier molecular flexibility index (Phi) is 4.85. The zero-order valence-corrected chi connectivity index (χ0v) is 16.1. The third-order valence-electron chi connectivity index (χ3n) is 4.22. The Morgan fingerprint density at radius 2 is 2.17 bits per heavy atom. The van der Waals surface area contributed by atoms with Crippen LogP contribution in [-0.2, 0) is 4.79 Å². The highest BCUT2D eigenvalue weighted by atomic mass is 32.2. The molecule has 3 heterocycles. The van der Waals surface area contributed by atoms with Crippen LogP contribution in [0.1, 0.15) is 25.5 Å². The molecule has 0 bridgehead atoms. The number of hydrogen-bond acceptors (Lipinski definition) is 7. The molecule has 10 heteroatoms. The van der Waals surface area contributed by atoms with Crippen molar-refractivity contribution in [3.63, 3.8) is 0 Å². The summed E-state index contributed by atoms with van der Waals surface area (Å²) in [6.45, 7) is 2.03. The van der Waals surface area contributed by atoms with Gasteiger partial charge in [-0.1, -0.05) is 19.1 Å². The number of aliphatic imine (C=N–C) groups is 1. The summed E-state index contributed by atoms with van der Waals surface area (Å²) in [5.41, 5.74) is 0.562. The van der Waals surface area contributed by atoms with Gasteiger partial charge in [-0.2, -0.15) is 15.1 Å². The molecule has 1 aromatic carbocycles. The van der Waals surface area contributed by atoms with Gasteiger partial charge in [0.05, 0.1) is 10.5 Å². The van der Waals surface area contributed by atoms with E-state index in [0.29, 0.717) is 22.3 Å². The van der Waals surface area contributed by atoms with Crippen LogP contribution in [0.15, 0.2) is 56.5 Å². The molecule has 0 saturated heterocycles. The molecule has 2 aliphatic rings. The van der Waals surface area contributed by atoms with Crippen LogP contribution in [0.3, 0.4) is 0 Å². The molecule has 0 fully saturated rings. The van der Waals surface area contributed by atoms with Gasteiger partial charge in [0.15, 0.2) is 5.84 Å². The number of amides is 1. The maximum atomic E-state index is 12.4. The van der Waals surface area contributed by atoms with Crippen molar-refractivity contribution in [2.75, 3.05) is 0 Å². The normalized spacial score (nSPS) is 17.4. The standard InChI is InChI=1S/C19H15N5O4S/c1-2-4-16-22-23-17(20)14(18(25)21-19(23)29-16)10-13-7-8-15(28-13)11-5-3-6-12(9-11)24(26)27/h3,5-10,20H,2,4H2,1H3. The smallest absolute Gasteiger partial charge is 0.283 e. The molecule has 0 radical (unpaired) electrons. The molecule has 0 saturated carbocycles. The highest BCUT2D eigenvalue weighted by Gasteiger charge is 2.35. The number of furan rings is 1. The molecule has 2 aliphatic heterocycles. The summed E-state index contributed by atoms with van der Waals surface area (Å²) >= 11 is 1.30. The van der Waals surface area contributed by atoms with Gasteiger partial charge in [0.25, 0.3) is 11.6 Å². The van der Waals surface area contributed by atoms with E-state index in [-0.39, 0.29) is 17.1 Å². The molecule has 1 aromatic heterocycles. The van der Waals surface area contributed by atoms with Gasteiger partial charge in [0, 0.05) is 17.7 Å². The molecular formula is C19H15N5O4S. The number of non-ortho nitro benzene ring substituents is 1. The highest BCUT2D eigenvalue weighted by molar-refractivity contribution is 8.26. The summed E-state index contributed by atoms with van der Waals surface area (Å²) in [6.07, 6.45) is 3.10. The number of hydrazone groups is 1. The second-order valence-electron chi connectivity index (χ2n) is 6.27. The number of hydrogen-bond donors (Lipinski definition) is 1. The molecule has 9 nitrogen and oxygen atoms in total. The Morgan fingerprint density at radius 1 is 1.34 bits per heavy atom. The fourth-order valence-corrected chi connectivity index (χ4v) is 3.83. The topological polar surface area (TPSA) is 125 Å². The van der Waals surface area contributed by atoms with Gasteiger partial charge >= 0.3 is 0 Å². The minimum absolute atomic E-state index is 0.0443. The van der Waals surface area contributed by atoms with Crippen LogP contribution in [-0.4, -0.2) is 31.9 Å². The van der Waals surface area contributed by atoms with E-state index in [1.807, 2.05) is 6.92 Å². The first-order valence-corrected chi connectivity index (χ1v) is 9.61. The summed E-state index contributed by atoms with van der Waals surface area (Å²) in [7, 11) is 0. The number of carbonyl (C=O) groups excluding carboxylic acids is 1. The number of rotatable bonds is 5. The predicted octanol–water partition coefficient (Wildman–Crippen LogP) is 4.27. The predicted molar refractivity (Wildman–Crippen MR) is 111 cm³/mol. The zero-order valence-electron chi connectivity index (χ0n) is 15.3. The molecule has 1 N–H and O–H groups in total. The molecule has 0 spiro atoms. The average Bonchev–Trinajstić information content (AvgIpc) is 3.32. The lowest BCUT2D eigenvalue weighted by Crippen LogP contribution is -2.35. The Hall–Kier alpha value is -3.53. The Balaban J connectivity index is 1.62. The van der Waals surface area contributed by atoms with Crippen molar-refractivity contribution in [3.05, 3.63) is 57.8 Å². The van der Waals surface area contributed by atoms with Gasteiger partial charge < -0.3 is 4.42 Å². The summed E-state index contributed by atoms with van der Waals surface area (Å²) in [4.78, 5) is 26.9. The lowest BCUT2D eigenvalue weighted by atomic mass is 10.1. The maximum absolute atomic E-state index is 12.4. The first-order valence-electron chi connectivity index (χ1n) is 8.80. The van der Waals surface area contributed by atoms with Crippen LogP contribution in [0.25, 0.3) is 17.4 Å². The minimum Gasteiger partial charge on any atom is -0.457 e. The molecule has 2 aromatic rings. The number of fused-ring (bicyclic) bond motifs is 1. The van der Waals surface area contributed by atoms with Crippen molar-refractivity contribution >= 4 is 45.5 Å². The van der Waals surface area contributed by atoms with Crippen LogP contribution < -0.4 is 0 Å². The van der Waals surface area contributed by atoms with Gasteiger partial charge in [-0.05, 0) is 42.8 Å². The SMILES string of the molecule is CCCC1=NN2C(=N)C(=Cc3ccc(-c4cccc([N+](=O)[O-])c4)o3)C(=O)N=C2S1. The fraction of sp³-hybridized carbons (Fsp3) is 0.158. The Morgan fingerprint density at radius 3 is 2.93 bits per heavy atom. The molecule has 1 amide bonds. The van der Waals surface area contributed by atoms with Crippen molar-refractivity contribution in [2.24, 2.45) is 10.1 Å². The van der Waals surface area contributed by atoms with Gasteiger partial charge in [0.1, 0.15) is 16.6 Å². The monoisotopic (exact) mass is 409 g/mol. The van der Waals surface area contributed by atoms with E-state index in [1.54, 1.807) is 24.3 Å². The van der Waals surface area contributed by atoms with Crippen molar-refractivity contribution in [3.8, 4) is 11.3 Å². The third kappa shape index (κ3) is 3.61. The van der Waals surface area contributed by atoms with E-state index in [0.717, 1.165) is 17.9 Å². The van der Waals surface area contributed by atoms with E-state index < -0.39 is 10.8 Å². The summed E-state index contributed by atoms with van der Waals surface area (Å²) in [6, 6.07) is 9.35. The van der Waals surface area contributed by atoms with Crippen LogP contribution in [0.4, 0.5) is 5.69 Å². The second kappa shape index (κ2) is 7.47. The van der Waals surface area contributed by atoms with Crippen molar-refractivity contribution < 1.29 is 14.1 Å². The van der Waals surface area contributed by atoms with Crippen LogP contribution in [0, 0.1) is 15.5 Å². The molecule has 29 heavy (non-hydrogen) atoms. The summed E-state index contributed by atoms with van der Waals surface area (Å²) < 4.78 is 5.72. The molecule has 4 rings (SSSR count). The zero-order chi connectivity index (χ0) is 20.5. The number of nitro groups is 1. The number of benzene rings is 1. The maximum Gasteiger partial charge on any atom is 0.283 e. The van der Waals surface area contributed by atoms with Gasteiger partial charge in [-0.3, -0.25) is 20.3 Å².